The van der Waals surface area contributed by atoms with E-state index in [1.807, 2.05) is 29.2 Å². The number of aliphatic hydroxyl groups is 1. The normalized spacial score (nSPS) is 21.6. The lowest BCUT2D eigenvalue weighted by atomic mass is 9.71. The lowest BCUT2D eigenvalue weighted by molar-refractivity contribution is -0.141. The Morgan fingerprint density at radius 1 is 1.29 bits per heavy atom. The monoisotopic (exact) mass is 389 g/mol. The van der Waals surface area contributed by atoms with Crippen LogP contribution in [0, 0.1) is 5.41 Å². The van der Waals surface area contributed by atoms with E-state index in [1.54, 1.807) is 11.8 Å². The number of carbonyl (C=O) groups is 2. The van der Waals surface area contributed by atoms with Gasteiger partial charge in [-0.2, -0.15) is 0 Å². The molecule has 2 heterocycles. The second-order valence-electron chi connectivity index (χ2n) is 8.10. The number of carbonyl (C=O) groups excluding carboxylic acids is 2. The van der Waals surface area contributed by atoms with Gasteiger partial charge in [0.1, 0.15) is 12.4 Å². The minimum atomic E-state index is -0.476. The van der Waals surface area contributed by atoms with Crippen molar-refractivity contribution in [2.24, 2.45) is 11.1 Å². The smallest absolute Gasteiger partial charge is 0.226 e. The van der Waals surface area contributed by atoms with Crippen molar-refractivity contribution in [3.8, 4) is 5.75 Å². The Bertz CT molecular complexity index is 701. The Labute approximate surface area is 166 Å². The van der Waals surface area contributed by atoms with Crippen LogP contribution in [0.2, 0.25) is 0 Å². The van der Waals surface area contributed by atoms with Crippen LogP contribution in [0.15, 0.2) is 24.3 Å². The molecule has 1 spiro atoms. The van der Waals surface area contributed by atoms with E-state index >= 15 is 0 Å². The molecule has 2 aliphatic heterocycles. The number of rotatable bonds is 5. The van der Waals surface area contributed by atoms with Crippen LogP contribution in [0.3, 0.4) is 0 Å². The van der Waals surface area contributed by atoms with Gasteiger partial charge in [0.25, 0.3) is 0 Å². The topological polar surface area (TPSA) is 96.1 Å². The summed E-state index contributed by atoms with van der Waals surface area (Å²) >= 11 is 0. The van der Waals surface area contributed by atoms with E-state index < -0.39 is 6.10 Å². The second-order valence-corrected chi connectivity index (χ2v) is 8.10. The zero-order valence-corrected chi connectivity index (χ0v) is 16.6. The van der Waals surface area contributed by atoms with Crippen LogP contribution in [0.1, 0.15) is 31.7 Å². The molecule has 7 heteroatoms. The fraction of sp³-hybridized carbons (Fsp3) is 0.619. The van der Waals surface area contributed by atoms with E-state index in [4.69, 9.17) is 10.5 Å². The zero-order valence-electron chi connectivity index (χ0n) is 16.6. The Kier molecular flexibility index (Phi) is 6.57. The van der Waals surface area contributed by atoms with Crippen molar-refractivity contribution in [2.75, 3.05) is 39.3 Å². The van der Waals surface area contributed by atoms with Crippen molar-refractivity contribution in [1.82, 2.24) is 9.80 Å². The third kappa shape index (κ3) is 5.02. The summed E-state index contributed by atoms with van der Waals surface area (Å²) in [6.45, 7) is 4.89. The molecule has 2 fully saturated rings. The quantitative estimate of drug-likeness (QED) is 0.776. The molecule has 0 aromatic heterocycles. The van der Waals surface area contributed by atoms with Crippen LogP contribution < -0.4 is 10.5 Å². The number of hydrogen-bond acceptors (Lipinski definition) is 5. The van der Waals surface area contributed by atoms with E-state index in [0.29, 0.717) is 52.2 Å². The number of β-amino-alcohol motifs (C(OH)–C–C–N with tert-alkyl or cyclic N) is 1. The van der Waals surface area contributed by atoms with E-state index in [2.05, 4.69) is 0 Å². The Morgan fingerprint density at radius 2 is 2.04 bits per heavy atom. The molecule has 154 valence electrons. The highest BCUT2D eigenvalue weighted by Gasteiger charge is 2.42. The summed E-state index contributed by atoms with van der Waals surface area (Å²) in [7, 11) is 0. The van der Waals surface area contributed by atoms with Crippen LogP contribution in [0.25, 0.3) is 0 Å². The highest BCUT2D eigenvalue weighted by molar-refractivity contribution is 5.79. The zero-order chi connectivity index (χ0) is 20.1. The van der Waals surface area contributed by atoms with Gasteiger partial charge in [-0.15, -0.1) is 0 Å². The predicted octanol–water partition coefficient (Wildman–Crippen LogP) is 0.789. The number of likely N-dealkylation sites (tertiary alicyclic amines) is 2. The molecule has 7 nitrogen and oxygen atoms in total. The molecule has 0 aliphatic carbocycles. The summed E-state index contributed by atoms with van der Waals surface area (Å²) < 4.78 is 5.53. The van der Waals surface area contributed by atoms with Gasteiger partial charge in [0.05, 0.1) is 12.5 Å². The molecule has 0 radical (unpaired) electrons. The molecule has 1 aromatic carbocycles. The summed E-state index contributed by atoms with van der Waals surface area (Å²) in [5, 5.41) is 10.2. The summed E-state index contributed by atoms with van der Waals surface area (Å²) in [6, 6.07) is 7.57. The first-order valence-electron chi connectivity index (χ1n) is 10.0. The fourth-order valence-corrected chi connectivity index (χ4v) is 4.39. The molecule has 0 saturated carbocycles. The van der Waals surface area contributed by atoms with Crippen LogP contribution in [-0.2, 0) is 16.0 Å². The molecule has 2 aliphatic rings. The number of ether oxygens (including phenoxy) is 1. The molecular formula is C21H31N3O4. The van der Waals surface area contributed by atoms with Crippen LogP contribution in [0.4, 0.5) is 0 Å². The molecule has 0 bridgehead atoms. The highest BCUT2D eigenvalue weighted by Crippen LogP contribution is 2.40. The number of piperidine rings is 2. The third-order valence-electron chi connectivity index (χ3n) is 5.89. The lowest BCUT2D eigenvalue weighted by Gasteiger charge is -2.49. The van der Waals surface area contributed by atoms with Crippen LogP contribution in [0.5, 0.6) is 5.75 Å². The van der Waals surface area contributed by atoms with Crippen LogP contribution in [-0.4, -0.2) is 72.2 Å². The van der Waals surface area contributed by atoms with Crippen molar-refractivity contribution >= 4 is 11.8 Å². The van der Waals surface area contributed by atoms with Gasteiger partial charge in [-0.3, -0.25) is 9.59 Å². The Hall–Kier alpha value is -2.12. The van der Waals surface area contributed by atoms with E-state index in [-0.39, 0.29) is 17.2 Å². The van der Waals surface area contributed by atoms with Crippen molar-refractivity contribution in [1.29, 1.82) is 0 Å². The minimum absolute atomic E-state index is 0.00775. The number of amides is 2. The van der Waals surface area contributed by atoms with Gasteiger partial charge in [0.15, 0.2) is 0 Å². The average molecular weight is 389 g/mol. The first-order chi connectivity index (χ1) is 13.4. The fourth-order valence-electron chi connectivity index (χ4n) is 4.39. The summed E-state index contributed by atoms with van der Waals surface area (Å²) in [4.78, 5) is 28.2. The summed E-state index contributed by atoms with van der Waals surface area (Å²) in [6.07, 6.45) is 2.21. The molecule has 1 unspecified atom stereocenters. The minimum Gasteiger partial charge on any atom is -0.492 e. The first kappa shape index (κ1) is 20.6. The molecule has 2 saturated heterocycles. The number of hydrogen-bond donors (Lipinski definition) is 2. The van der Waals surface area contributed by atoms with Gasteiger partial charge in [-0.05, 0) is 42.4 Å². The Morgan fingerprint density at radius 3 is 2.71 bits per heavy atom. The molecule has 28 heavy (non-hydrogen) atoms. The van der Waals surface area contributed by atoms with Gasteiger partial charge in [0, 0.05) is 39.6 Å². The maximum absolute atomic E-state index is 12.8. The van der Waals surface area contributed by atoms with Gasteiger partial charge >= 0.3 is 0 Å². The maximum atomic E-state index is 12.8. The van der Waals surface area contributed by atoms with E-state index in [1.165, 1.54) is 0 Å². The SMILES string of the molecule is CC(=O)N1CC(O)CC2(CCN(C(=O)Cc3cccc(OCCN)c3)CC2)C1. The molecule has 1 aromatic rings. The standard InChI is InChI=1S/C21H31N3O4/c1-16(25)24-14-18(26)13-21(15-24)5-8-23(9-6-21)20(27)12-17-3-2-4-19(11-17)28-10-7-22/h2-4,11,18,26H,5-10,12-15,22H2,1H3. The predicted molar refractivity (Wildman–Crippen MR) is 106 cm³/mol. The van der Waals surface area contributed by atoms with Gasteiger partial charge in [-0.25, -0.2) is 0 Å². The highest BCUT2D eigenvalue weighted by atomic mass is 16.5. The number of aliphatic hydroxyl groups excluding tert-OH is 1. The van der Waals surface area contributed by atoms with Gasteiger partial charge < -0.3 is 25.4 Å². The van der Waals surface area contributed by atoms with E-state index in [0.717, 1.165) is 24.2 Å². The van der Waals surface area contributed by atoms with Crippen LogP contribution >= 0.6 is 0 Å². The van der Waals surface area contributed by atoms with Crippen molar-refractivity contribution in [3.05, 3.63) is 29.8 Å². The number of nitrogens with two attached hydrogens (primary N) is 1. The second kappa shape index (κ2) is 8.92. The third-order valence-corrected chi connectivity index (χ3v) is 5.89. The molecule has 3 rings (SSSR count). The number of benzene rings is 1. The molecular weight excluding hydrogens is 358 g/mol. The van der Waals surface area contributed by atoms with Crippen molar-refractivity contribution in [3.63, 3.8) is 0 Å². The first-order valence-corrected chi connectivity index (χ1v) is 10.0. The summed E-state index contributed by atoms with van der Waals surface area (Å²) in [5.74, 6) is 0.841. The number of nitrogens with zero attached hydrogens (tertiary/aromatic N) is 2. The molecule has 2 amide bonds. The van der Waals surface area contributed by atoms with Gasteiger partial charge in [0.2, 0.25) is 11.8 Å². The van der Waals surface area contributed by atoms with Crippen molar-refractivity contribution in [2.45, 2.75) is 38.7 Å². The average Bonchev–Trinajstić information content (AvgIpc) is 2.66. The lowest BCUT2D eigenvalue weighted by Crippen LogP contribution is -2.55. The molecule has 3 N–H and O–H groups in total. The largest absolute Gasteiger partial charge is 0.492 e. The summed E-state index contributed by atoms with van der Waals surface area (Å²) in [5.41, 5.74) is 6.32. The molecule has 1 atom stereocenters. The van der Waals surface area contributed by atoms with E-state index in [9.17, 15) is 14.7 Å². The Balaban J connectivity index is 1.56. The maximum Gasteiger partial charge on any atom is 0.226 e. The van der Waals surface area contributed by atoms with Gasteiger partial charge in [-0.1, -0.05) is 12.1 Å². The van der Waals surface area contributed by atoms with Crippen molar-refractivity contribution < 1.29 is 19.4 Å².